The van der Waals surface area contributed by atoms with Gasteiger partial charge in [-0.05, 0) is 66.9 Å². The largest absolute Gasteiger partial charge is 0.423 e. The lowest BCUT2D eigenvalue weighted by molar-refractivity contribution is 0.0737. The second-order valence-electron chi connectivity index (χ2n) is 9.94. The third kappa shape index (κ3) is 5.07. The minimum Gasteiger partial charge on any atom is -0.423 e. The number of aryl methyl sites for hydroxylation is 2. The number of nitrogens with zero attached hydrogens (tertiary/aromatic N) is 1. The number of hydrogen-bond donors (Lipinski definition) is 0. The summed E-state index contributed by atoms with van der Waals surface area (Å²) in [4.78, 5) is 18.4. The summed E-state index contributed by atoms with van der Waals surface area (Å²) in [5.74, 6) is 0.114. The number of halogens is 1. The van der Waals surface area contributed by atoms with E-state index in [2.05, 4.69) is 60.1 Å². The van der Waals surface area contributed by atoms with E-state index in [1.165, 1.54) is 5.56 Å². The normalized spacial score (nSPS) is 11.5. The number of carbonyl (C=O) groups is 1. The Kier molecular flexibility index (Phi) is 6.70. The molecule has 0 fully saturated rings. The predicted octanol–water partition coefficient (Wildman–Crippen LogP) is 8.83. The van der Waals surface area contributed by atoms with Gasteiger partial charge in [0.1, 0.15) is 5.75 Å². The van der Waals surface area contributed by atoms with Gasteiger partial charge in [0, 0.05) is 20.8 Å². The number of aromatic nitrogens is 1. The Morgan fingerprint density at radius 3 is 2.14 bits per heavy atom. The van der Waals surface area contributed by atoms with E-state index in [4.69, 9.17) is 9.72 Å². The van der Waals surface area contributed by atoms with Gasteiger partial charge in [-0.2, -0.15) is 0 Å². The van der Waals surface area contributed by atoms with E-state index in [1.807, 2.05) is 80.6 Å². The maximum atomic E-state index is 13.5. The smallest absolute Gasteiger partial charge is 0.344 e. The van der Waals surface area contributed by atoms with E-state index < -0.39 is 5.97 Å². The molecule has 1 aromatic heterocycles. The van der Waals surface area contributed by atoms with Crippen molar-refractivity contribution < 1.29 is 9.53 Å². The van der Waals surface area contributed by atoms with Gasteiger partial charge < -0.3 is 4.74 Å². The number of rotatable bonds is 5. The van der Waals surface area contributed by atoms with Crippen LogP contribution in [0.3, 0.4) is 0 Å². The van der Waals surface area contributed by atoms with Gasteiger partial charge in [-0.3, -0.25) is 0 Å². The fraction of sp³-hybridized carbons (Fsp3) is 0.152. The van der Waals surface area contributed by atoms with Crippen molar-refractivity contribution in [3.8, 4) is 17.0 Å². The summed E-state index contributed by atoms with van der Waals surface area (Å²) in [6, 6.07) is 32.0. The first-order valence-electron chi connectivity index (χ1n) is 12.3. The molecule has 5 rings (SSSR count). The van der Waals surface area contributed by atoms with Crippen LogP contribution in [0, 0.1) is 13.8 Å². The molecular formula is C33H28BrNO2. The second kappa shape index (κ2) is 9.95. The Morgan fingerprint density at radius 2 is 1.46 bits per heavy atom. The first kappa shape index (κ1) is 24.9. The quantitative estimate of drug-likeness (QED) is 0.162. The van der Waals surface area contributed by atoms with Crippen molar-refractivity contribution in [1.82, 2.24) is 4.98 Å². The molecule has 0 N–H and O–H groups in total. The highest BCUT2D eigenvalue weighted by atomic mass is 79.9. The third-order valence-electron chi connectivity index (χ3n) is 6.89. The van der Waals surface area contributed by atoms with E-state index in [0.29, 0.717) is 11.3 Å². The van der Waals surface area contributed by atoms with Crippen molar-refractivity contribution in [1.29, 1.82) is 0 Å². The number of hydrogen-bond acceptors (Lipinski definition) is 3. The fourth-order valence-corrected chi connectivity index (χ4v) is 5.01. The number of esters is 1. The molecule has 0 unspecified atom stereocenters. The lowest BCUT2D eigenvalue weighted by atomic mass is 9.78. The average molecular weight is 550 g/mol. The van der Waals surface area contributed by atoms with Crippen molar-refractivity contribution in [2.45, 2.75) is 33.1 Å². The zero-order chi connectivity index (χ0) is 26.2. The van der Waals surface area contributed by atoms with E-state index in [1.54, 1.807) is 0 Å². The van der Waals surface area contributed by atoms with Gasteiger partial charge in [0.05, 0.1) is 16.8 Å². The van der Waals surface area contributed by atoms with Crippen molar-refractivity contribution in [3.05, 3.63) is 129 Å². The third-order valence-corrected chi connectivity index (χ3v) is 7.42. The molecule has 0 amide bonds. The van der Waals surface area contributed by atoms with Crippen LogP contribution in [0.1, 0.15) is 46.5 Å². The Morgan fingerprint density at radius 1 is 0.811 bits per heavy atom. The molecule has 0 saturated heterocycles. The van der Waals surface area contributed by atoms with E-state index in [0.717, 1.165) is 43.3 Å². The van der Waals surface area contributed by atoms with Crippen LogP contribution in [-0.4, -0.2) is 11.0 Å². The molecule has 3 nitrogen and oxygen atoms in total. The number of carbonyl (C=O) groups excluding carboxylic acids is 1. The van der Waals surface area contributed by atoms with E-state index >= 15 is 0 Å². The highest BCUT2D eigenvalue weighted by Gasteiger charge is 2.23. The molecular weight excluding hydrogens is 522 g/mol. The molecule has 184 valence electrons. The van der Waals surface area contributed by atoms with Crippen LogP contribution in [0.2, 0.25) is 0 Å². The lowest BCUT2D eigenvalue weighted by Crippen LogP contribution is -2.18. The lowest BCUT2D eigenvalue weighted by Gasteiger charge is -2.26. The topological polar surface area (TPSA) is 39.2 Å². The Hall–Kier alpha value is -3.76. The average Bonchev–Trinajstić information content (AvgIpc) is 2.89. The summed E-state index contributed by atoms with van der Waals surface area (Å²) in [5, 5.41) is 0.796. The van der Waals surface area contributed by atoms with Crippen molar-refractivity contribution >= 4 is 32.8 Å². The van der Waals surface area contributed by atoms with Gasteiger partial charge in [-0.1, -0.05) is 96.0 Å². The molecule has 1 heterocycles. The molecule has 0 aliphatic carbocycles. The van der Waals surface area contributed by atoms with Gasteiger partial charge in [-0.15, -0.1) is 0 Å². The first-order valence-corrected chi connectivity index (χ1v) is 13.1. The second-order valence-corrected chi connectivity index (χ2v) is 10.9. The summed E-state index contributed by atoms with van der Waals surface area (Å²) in [5.41, 5.74) is 7.29. The SMILES string of the molecule is Cc1cc(C)c2nc(-c3ccc(Br)cc3)cc(C(=O)Oc3ccc(C(C)(C)c4ccccc4)cc3)c2c1. The van der Waals surface area contributed by atoms with Crippen LogP contribution >= 0.6 is 15.9 Å². The molecule has 0 aliphatic heterocycles. The maximum absolute atomic E-state index is 13.5. The highest BCUT2D eigenvalue weighted by Crippen LogP contribution is 2.33. The summed E-state index contributed by atoms with van der Waals surface area (Å²) in [7, 11) is 0. The standard InChI is InChI=1S/C33H28BrNO2/c1-21-18-22(2)31-28(19-21)29(20-30(35-31)23-10-14-26(34)15-11-23)32(36)37-27-16-12-25(13-17-27)33(3,4)24-8-6-5-7-9-24/h5-20H,1-4H3. The van der Waals surface area contributed by atoms with Crippen LogP contribution in [0.25, 0.3) is 22.2 Å². The number of pyridine rings is 1. The molecule has 0 aliphatic rings. The van der Waals surface area contributed by atoms with E-state index in [9.17, 15) is 4.79 Å². The van der Waals surface area contributed by atoms with Gasteiger partial charge in [-0.25, -0.2) is 9.78 Å². The van der Waals surface area contributed by atoms with Crippen LogP contribution in [0.15, 0.2) is 102 Å². The predicted molar refractivity (Wildman–Crippen MR) is 154 cm³/mol. The minimum absolute atomic E-state index is 0.167. The molecule has 37 heavy (non-hydrogen) atoms. The Bertz CT molecular complexity index is 1590. The Balaban J connectivity index is 1.50. The highest BCUT2D eigenvalue weighted by molar-refractivity contribution is 9.10. The van der Waals surface area contributed by atoms with E-state index in [-0.39, 0.29) is 5.41 Å². The van der Waals surface area contributed by atoms with Crippen molar-refractivity contribution in [2.75, 3.05) is 0 Å². The monoisotopic (exact) mass is 549 g/mol. The molecule has 0 atom stereocenters. The minimum atomic E-state index is -0.397. The van der Waals surface area contributed by atoms with Gasteiger partial charge in [0.2, 0.25) is 0 Å². The summed E-state index contributed by atoms with van der Waals surface area (Å²) in [6.07, 6.45) is 0. The molecule has 0 bridgehead atoms. The number of fused-ring (bicyclic) bond motifs is 1. The first-order chi connectivity index (χ1) is 17.7. The van der Waals surface area contributed by atoms with Crippen molar-refractivity contribution in [2.24, 2.45) is 0 Å². The van der Waals surface area contributed by atoms with Crippen LogP contribution in [-0.2, 0) is 5.41 Å². The van der Waals surface area contributed by atoms with Gasteiger partial charge in [0.25, 0.3) is 0 Å². The van der Waals surface area contributed by atoms with Gasteiger partial charge in [0.15, 0.2) is 0 Å². The zero-order valence-corrected chi connectivity index (χ0v) is 23.0. The zero-order valence-electron chi connectivity index (χ0n) is 21.4. The van der Waals surface area contributed by atoms with Crippen LogP contribution < -0.4 is 4.74 Å². The Labute approximate surface area is 226 Å². The fourth-order valence-electron chi connectivity index (χ4n) is 4.74. The summed E-state index contributed by atoms with van der Waals surface area (Å²) >= 11 is 3.49. The van der Waals surface area contributed by atoms with Crippen LogP contribution in [0.4, 0.5) is 0 Å². The molecule has 0 radical (unpaired) electrons. The molecule has 0 spiro atoms. The van der Waals surface area contributed by atoms with Crippen LogP contribution in [0.5, 0.6) is 5.75 Å². The molecule has 4 aromatic carbocycles. The van der Waals surface area contributed by atoms with Gasteiger partial charge >= 0.3 is 5.97 Å². The summed E-state index contributed by atoms with van der Waals surface area (Å²) in [6.45, 7) is 8.44. The van der Waals surface area contributed by atoms with Crippen molar-refractivity contribution in [3.63, 3.8) is 0 Å². The molecule has 4 heteroatoms. The molecule has 0 saturated carbocycles. The summed E-state index contributed by atoms with van der Waals surface area (Å²) < 4.78 is 6.89. The number of ether oxygens (including phenoxy) is 1. The number of benzene rings is 4. The maximum Gasteiger partial charge on any atom is 0.344 e. The molecule has 5 aromatic rings.